The molecule has 2 aromatic carbocycles. The normalized spacial score (nSPS) is 12.2. The summed E-state index contributed by atoms with van der Waals surface area (Å²) in [4.78, 5) is 0. The Morgan fingerprint density at radius 3 is 2.74 bits per heavy atom. The lowest BCUT2D eigenvalue weighted by molar-refractivity contribution is 0.414. The number of halogens is 2. The molecule has 2 aromatic rings. The molecule has 19 heavy (non-hydrogen) atoms. The lowest BCUT2D eigenvalue weighted by atomic mass is 10.00. The van der Waals surface area contributed by atoms with Gasteiger partial charge in [-0.1, -0.05) is 39.7 Å². The SMILES string of the molecule is COc1cccc(CC(N)c2cc(Cl)cc(Br)c2)c1. The van der Waals surface area contributed by atoms with E-state index in [4.69, 9.17) is 22.1 Å². The fourth-order valence-electron chi connectivity index (χ4n) is 1.96. The highest BCUT2D eigenvalue weighted by atomic mass is 79.9. The third kappa shape index (κ3) is 3.96. The molecule has 0 heterocycles. The van der Waals surface area contributed by atoms with Crippen molar-refractivity contribution in [2.45, 2.75) is 12.5 Å². The first kappa shape index (κ1) is 14.4. The number of rotatable bonds is 4. The van der Waals surface area contributed by atoms with E-state index < -0.39 is 0 Å². The fraction of sp³-hybridized carbons (Fsp3) is 0.200. The van der Waals surface area contributed by atoms with Crippen LogP contribution in [0.25, 0.3) is 0 Å². The molecule has 1 atom stereocenters. The van der Waals surface area contributed by atoms with Crippen LogP contribution < -0.4 is 10.5 Å². The summed E-state index contributed by atoms with van der Waals surface area (Å²) in [7, 11) is 1.66. The van der Waals surface area contributed by atoms with E-state index in [1.54, 1.807) is 7.11 Å². The van der Waals surface area contributed by atoms with Crippen LogP contribution in [0.1, 0.15) is 17.2 Å². The van der Waals surface area contributed by atoms with Crippen molar-refractivity contribution in [2.24, 2.45) is 5.73 Å². The number of benzene rings is 2. The molecule has 0 radical (unpaired) electrons. The molecule has 2 rings (SSSR count). The minimum absolute atomic E-state index is 0.0953. The van der Waals surface area contributed by atoms with E-state index >= 15 is 0 Å². The number of hydrogen-bond acceptors (Lipinski definition) is 2. The molecule has 2 N–H and O–H groups in total. The molecule has 1 unspecified atom stereocenters. The lowest BCUT2D eigenvalue weighted by Gasteiger charge is -2.13. The van der Waals surface area contributed by atoms with Crippen LogP contribution >= 0.6 is 27.5 Å². The summed E-state index contributed by atoms with van der Waals surface area (Å²) in [6.45, 7) is 0. The highest BCUT2D eigenvalue weighted by Crippen LogP contribution is 2.25. The average molecular weight is 341 g/mol. The highest BCUT2D eigenvalue weighted by Gasteiger charge is 2.09. The molecule has 0 aliphatic heterocycles. The number of nitrogens with two attached hydrogens (primary N) is 1. The van der Waals surface area contributed by atoms with E-state index in [2.05, 4.69) is 15.9 Å². The summed E-state index contributed by atoms with van der Waals surface area (Å²) in [6, 6.07) is 13.6. The predicted octanol–water partition coefficient (Wildman–Crippen LogP) is 4.35. The van der Waals surface area contributed by atoms with Gasteiger partial charge in [-0.3, -0.25) is 0 Å². The van der Waals surface area contributed by atoms with Gasteiger partial charge in [0.15, 0.2) is 0 Å². The maximum Gasteiger partial charge on any atom is 0.119 e. The number of methoxy groups -OCH3 is 1. The maximum absolute atomic E-state index is 6.24. The van der Waals surface area contributed by atoms with Crippen LogP contribution in [0.15, 0.2) is 46.9 Å². The average Bonchev–Trinajstić information content (AvgIpc) is 2.37. The Kier molecular flexibility index (Phi) is 4.86. The summed E-state index contributed by atoms with van der Waals surface area (Å²) in [5.74, 6) is 0.844. The van der Waals surface area contributed by atoms with E-state index in [1.807, 2.05) is 42.5 Å². The smallest absolute Gasteiger partial charge is 0.119 e. The molecular weight excluding hydrogens is 326 g/mol. The van der Waals surface area contributed by atoms with Crippen LogP contribution in [0.3, 0.4) is 0 Å². The Labute approximate surface area is 126 Å². The summed E-state index contributed by atoms with van der Waals surface area (Å²) in [6.07, 6.45) is 0.740. The van der Waals surface area contributed by atoms with Gasteiger partial charge in [0.05, 0.1) is 7.11 Å². The fourth-order valence-corrected chi connectivity index (χ4v) is 2.85. The van der Waals surface area contributed by atoms with E-state index in [-0.39, 0.29) is 6.04 Å². The molecule has 0 saturated carbocycles. The minimum Gasteiger partial charge on any atom is -0.497 e. The minimum atomic E-state index is -0.0953. The molecule has 0 fully saturated rings. The van der Waals surface area contributed by atoms with Crippen molar-refractivity contribution in [1.82, 2.24) is 0 Å². The molecule has 0 spiro atoms. The Bertz CT molecular complexity index is 554. The largest absolute Gasteiger partial charge is 0.497 e. The van der Waals surface area contributed by atoms with Crippen molar-refractivity contribution >= 4 is 27.5 Å². The van der Waals surface area contributed by atoms with Gasteiger partial charge >= 0.3 is 0 Å². The van der Waals surface area contributed by atoms with Gasteiger partial charge in [0.1, 0.15) is 5.75 Å². The zero-order chi connectivity index (χ0) is 13.8. The first-order chi connectivity index (χ1) is 9.08. The molecule has 0 aliphatic rings. The van der Waals surface area contributed by atoms with Crippen molar-refractivity contribution in [3.8, 4) is 5.75 Å². The lowest BCUT2D eigenvalue weighted by Crippen LogP contribution is -2.13. The van der Waals surface area contributed by atoms with Crippen molar-refractivity contribution < 1.29 is 4.74 Å². The zero-order valence-corrected chi connectivity index (χ0v) is 12.9. The Morgan fingerprint density at radius 1 is 1.26 bits per heavy atom. The Hall–Kier alpha value is -1.03. The van der Waals surface area contributed by atoms with E-state index in [0.29, 0.717) is 5.02 Å². The first-order valence-electron chi connectivity index (χ1n) is 5.93. The van der Waals surface area contributed by atoms with E-state index in [1.165, 1.54) is 0 Å². The molecule has 0 saturated heterocycles. The van der Waals surface area contributed by atoms with Gasteiger partial charge in [0.25, 0.3) is 0 Å². The quantitative estimate of drug-likeness (QED) is 0.898. The van der Waals surface area contributed by atoms with Gasteiger partial charge in [-0.05, 0) is 47.9 Å². The molecule has 4 heteroatoms. The predicted molar refractivity (Wildman–Crippen MR) is 82.8 cm³/mol. The number of ether oxygens (including phenoxy) is 1. The molecule has 0 aromatic heterocycles. The monoisotopic (exact) mass is 339 g/mol. The van der Waals surface area contributed by atoms with Crippen LogP contribution in [0.2, 0.25) is 5.02 Å². The summed E-state index contributed by atoms with van der Waals surface area (Å²) < 4.78 is 6.15. The molecule has 0 bridgehead atoms. The van der Waals surface area contributed by atoms with Gasteiger partial charge < -0.3 is 10.5 Å². The van der Waals surface area contributed by atoms with Crippen LogP contribution in [0.4, 0.5) is 0 Å². The van der Waals surface area contributed by atoms with Gasteiger partial charge in [-0.2, -0.15) is 0 Å². The topological polar surface area (TPSA) is 35.2 Å². The molecule has 0 aliphatic carbocycles. The van der Waals surface area contributed by atoms with Crippen molar-refractivity contribution in [2.75, 3.05) is 7.11 Å². The second-order valence-corrected chi connectivity index (χ2v) is 5.72. The van der Waals surface area contributed by atoms with Gasteiger partial charge in [0, 0.05) is 15.5 Å². The van der Waals surface area contributed by atoms with E-state index in [9.17, 15) is 0 Å². The highest BCUT2D eigenvalue weighted by molar-refractivity contribution is 9.10. The van der Waals surface area contributed by atoms with Crippen LogP contribution in [0, 0.1) is 0 Å². The summed E-state index contributed by atoms with van der Waals surface area (Å²) >= 11 is 9.47. The first-order valence-corrected chi connectivity index (χ1v) is 7.10. The zero-order valence-electron chi connectivity index (χ0n) is 10.6. The standard InChI is InChI=1S/C15H15BrClNO/c1-19-14-4-2-3-10(5-14)6-15(18)11-7-12(16)9-13(17)8-11/h2-5,7-9,15H,6,18H2,1H3. The second-order valence-electron chi connectivity index (χ2n) is 4.36. The van der Waals surface area contributed by atoms with Crippen molar-refractivity contribution in [3.63, 3.8) is 0 Å². The molecular formula is C15H15BrClNO. The maximum atomic E-state index is 6.24. The van der Waals surface area contributed by atoms with Crippen LogP contribution in [0.5, 0.6) is 5.75 Å². The van der Waals surface area contributed by atoms with Crippen molar-refractivity contribution in [1.29, 1.82) is 0 Å². The van der Waals surface area contributed by atoms with Gasteiger partial charge in [0.2, 0.25) is 0 Å². The summed E-state index contributed by atoms with van der Waals surface area (Å²) in [5, 5.41) is 0.686. The van der Waals surface area contributed by atoms with E-state index in [0.717, 1.165) is 27.8 Å². The van der Waals surface area contributed by atoms with Crippen LogP contribution in [-0.4, -0.2) is 7.11 Å². The molecule has 100 valence electrons. The third-order valence-corrected chi connectivity index (χ3v) is 3.58. The van der Waals surface area contributed by atoms with Crippen molar-refractivity contribution in [3.05, 3.63) is 63.1 Å². The molecule has 2 nitrogen and oxygen atoms in total. The Morgan fingerprint density at radius 2 is 2.05 bits per heavy atom. The second kappa shape index (κ2) is 6.42. The van der Waals surface area contributed by atoms with Gasteiger partial charge in [-0.25, -0.2) is 0 Å². The summed E-state index contributed by atoms with van der Waals surface area (Å²) in [5.41, 5.74) is 8.39. The van der Waals surface area contributed by atoms with Crippen LogP contribution in [-0.2, 0) is 6.42 Å². The molecule has 0 amide bonds. The van der Waals surface area contributed by atoms with Gasteiger partial charge in [-0.15, -0.1) is 0 Å². The number of hydrogen-bond donors (Lipinski definition) is 1. The third-order valence-electron chi connectivity index (χ3n) is 2.90. The Balaban J connectivity index is 2.17.